The molecule has 2 nitrogen and oxygen atoms in total. The van der Waals surface area contributed by atoms with Crippen LogP contribution in [0.5, 0.6) is 0 Å². The van der Waals surface area contributed by atoms with Crippen LogP contribution in [-0.4, -0.2) is 31.6 Å². The third-order valence-corrected chi connectivity index (χ3v) is 1.68. The Hall–Kier alpha value is -0.500. The van der Waals surface area contributed by atoms with E-state index in [4.69, 9.17) is 0 Å². The molecule has 0 aliphatic carbocycles. The number of hydrogen-bond acceptors (Lipinski definition) is 2. The second-order valence-corrected chi connectivity index (χ2v) is 2.96. The second-order valence-electron chi connectivity index (χ2n) is 2.96. The number of hydrogen-bond donors (Lipinski definition) is 1. The molecule has 0 aliphatic rings. The topological polar surface area (TPSA) is 15.3 Å². The Balaban J connectivity index is 3.08. The van der Waals surface area contributed by atoms with Crippen LogP contribution in [0.15, 0.2) is 12.3 Å². The van der Waals surface area contributed by atoms with E-state index in [2.05, 4.69) is 30.8 Å². The molecule has 0 unspecified atom stereocenters. The van der Waals surface area contributed by atoms with Crippen LogP contribution in [0.3, 0.4) is 0 Å². The van der Waals surface area contributed by atoms with Gasteiger partial charge in [0.25, 0.3) is 0 Å². The fourth-order valence-electron chi connectivity index (χ4n) is 0.809. The smallest absolute Gasteiger partial charge is 0.0155 e. The van der Waals surface area contributed by atoms with Crippen molar-refractivity contribution >= 4 is 0 Å². The average Bonchev–Trinajstić information content (AvgIpc) is 1.97. The van der Waals surface area contributed by atoms with Gasteiger partial charge in [-0.3, -0.25) is 0 Å². The van der Waals surface area contributed by atoms with E-state index in [1.807, 2.05) is 6.92 Å². The number of nitrogens with zero attached hydrogens (tertiary/aromatic N) is 1. The molecule has 0 fully saturated rings. The van der Waals surface area contributed by atoms with E-state index in [0.29, 0.717) is 0 Å². The van der Waals surface area contributed by atoms with Gasteiger partial charge in [0, 0.05) is 12.2 Å². The first-order valence-electron chi connectivity index (χ1n) is 4.24. The number of nitrogens with one attached hydrogen (secondary N) is 1. The lowest BCUT2D eigenvalue weighted by atomic mass is 10.4. The second kappa shape index (κ2) is 6.23. The fraction of sp³-hybridized carbons (Fsp3) is 0.778. The van der Waals surface area contributed by atoms with E-state index < -0.39 is 0 Å². The van der Waals surface area contributed by atoms with Gasteiger partial charge in [-0.25, -0.2) is 0 Å². The Morgan fingerprint density at radius 1 is 1.55 bits per heavy atom. The van der Waals surface area contributed by atoms with Crippen LogP contribution in [0.25, 0.3) is 0 Å². The summed E-state index contributed by atoms with van der Waals surface area (Å²) in [5, 5.41) is 3.20. The molecule has 0 aliphatic heterocycles. The van der Waals surface area contributed by atoms with Crippen LogP contribution in [-0.2, 0) is 0 Å². The standard InChI is InChI=1S/C9H20N2/c1-5-11(4)8-6-7-10-9(2)3/h10H,2,5-8H2,1,3-4H3. The van der Waals surface area contributed by atoms with Crippen LogP contribution in [0.4, 0.5) is 0 Å². The van der Waals surface area contributed by atoms with Gasteiger partial charge in [0.2, 0.25) is 0 Å². The van der Waals surface area contributed by atoms with Crippen molar-refractivity contribution in [3.8, 4) is 0 Å². The van der Waals surface area contributed by atoms with Crippen LogP contribution >= 0.6 is 0 Å². The quantitative estimate of drug-likeness (QED) is 0.586. The van der Waals surface area contributed by atoms with Gasteiger partial charge in [-0.1, -0.05) is 13.5 Å². The molecule has 1 N–H and O–H groups in total. The van der Waals surface area contributed by atoms with Gasteiger partial charge in [-0.2, -0.15) is 0 Å². The predicted molar refractivity (Wildman–Crippen MR) is 50.6 cm³/mol. The Bertz CT molecular complexity index is 110. The summed E-state index contributed by atoms with van der Waals surface area (Å²) in [6.07, 6.45) is 1.19. The highest BCUT2D eigenvalue weighted by molar-refractivity contribution is 4.83. The highest BCUT2D eigenvalue weighted by Gasteiger charge is 1.92. The van der Waals surface area contributed by atoms with Crippen molar-refractivity contribution in [2.75, 3.05) is 26.7 Å². The van der Waals surface area contributed by atoms with Crippen LogP contribution in [0.1, 0.15) is 20.3 Å². The zero-order valence-electron chi connectivity index (χ0n) is 7.98. The van der Waals surface area contributed by atoms with Gasteiger partial charge < -0.3 is 10.2 Å². The van der Waals surface area contributed by atoms with Crippen molar-refractivity contribution in [3.63, 3.8) is 0 Å². The minimum absolute atomic E-state index is 1.04. The molecule has 0 saturated carbocycles. The first-order chi connectivity index (χ1) is 5.16. The fourth-order valence-corrected chi connectivity index (χ4v) is 0.809. The third kappa shape index (κ3) is 7.40. The minimum Gasteiger partial charge on any atom is -0.389 e. The largest absolute Gasteiger partial charge is 0.389 e. The van der Waals surface area contributed by atoms with Crippen molar-refractivity contribution in [2.24, 2.45) is 0 Å². The minimum atomic E-state index is 1.04. The van der Waals surface area contributed by atoms with Gasteiger partial charge in [0.15, 0.2) is 0 Å². The summed E-state index contributed by atoms with van der Waals surface area (Å²) in [5.74, 6) is 0. The lowest BCUT2D eigenvalue weighted by molar-refractivity contribution is 0.346. The van der Waals surface area contributed by atoms with Crippen LogP contribution < -0.4 is 5.32 Å². The Morgan fingerprint density at radius 3 is 2.64 bits per heavy atom. The predicted octanol–water partition coefficient (Wildman–Crippen LogP) is 1.45. The van der Waals surface area contributed by atoms with E-state index >= 15 is 0 Å². The van der Waals surface area contributed by atoms with Gasteiger partial charge >= 0.3 is 0 Å². The molecule has 0 aromatic carbocycles. The summed E-state index contributed by atoms with van der Waals surface area (Å²) in [4.78, 5) is 2.31. The zero-order chi connectivity index (χ0) is 8.69. The summed E-state index contributed by atoms with van der Waals surface area (Å²) in [5.41, 5.74) is 1.06. The van der Waals surface area contributed by atoms with Gasteiger partial charge in [0.05, 0.1) is 0 Å². The molecule has 0 heterocycles. The van der Waals surface area contributed by atoms with E-state index in [9.17, 15) is 0 Å². The molecule has 0 aromatic heterocycles. The maximum Gasteiger partial charge on any atom is 0.0155 e. The Kier molecular flexibility index (Phi) is 5.94. The highest BCUT2D eigenvalue weighted by atomic mass is 15.1. The summed E-state index contributed by atoms with van der Waals surface area (Å²) in [6, 6.07) is 0. The molecule has 0 saturated heterocycles. The van der Waals surface area contributed by atoms with E-state index in [1.165, 1.54) is 6.42 Å². The highest BCUT2D eigenvalue weighted by Crippen LogP contribution is 1.86. The van der Waals surface area contributed by atoms with E-state index in [1.54, 1.807) is 0 Å². The molecule has 11 heavy (non-hydrogen) atoms. The summed E-state index contributed by atoms with van der Waals surface area (Å²) < 4.78 is 0. The maximum absolute atomic E-state index is 3.77. The zero-order valence-corrected chi connectivity index (χ0v) is 7.98. The van der Waals surface area contributed by atoms with E-state index in [-0.39, 0.29) is 0 Å². The van der Waals surface area contributed by atoms with Gasteiger partial charge in [-0.15, -0.1) is 0 Å². The monoisotopic (exact) mass is 156 g/mol. The third-order valence-electron chi connectivity index (χ3n) is 1.68. The average molecular weight is 156 g/mol. The molecular formula is C9H20N2. The van der Waals surface area contributed by atoms with Gasteiger partial charge in [-0.05, 0) is 33.5 Å². The Morgan fingerprint density at radius 2 is 2.18 bits per heavy atom. The molecule has 0 atom stereocenters. The SMILES string of the molecule is C=C(C)NCCCN(C)CC. The van der Waals surface area contributed by atoms with Gasteiger partial charge in [0.1, 0.15) is 0 Å². The van der Waals surface area contributed by atoms with Crippen molar-refractivity contribution in [1.29, 1.82) is 0 Å². The molecule has 0 amide bonds. The van der Waals surface area contributed by atoms with Crippen molar-refractivity contribution in [2.45, 2.75) is 20.3 Å². The van der Waals surface area contributed by atoms with E-state index in [0.717, 1.165) is 25.3 Å². The molecule has 0 radical (unpaired) electrons. The molecule has 66 valence electrons. The molecule has 0 rings (SSSR count). The van der Waals surface area contributed by atoms with Crippen LogP contribution in [0, 0.1) is 0 Å². The van der Waals surface area contributed by atoms with Crippen molar-refractivity contribution in [1.82, 2.24) is 10.2 Å². The number of rotatable bonds is 6. The summed E-state index contributed by atoms with van der Waals surface area (Å²) in [7, 11) is 2.14. The molecule has 0 spiro atoms. The number of allylic oxidation sites excluding steroid dienone is 1. The summed E-state index contributed by atoms with van der Waals surface area (Å²) in [6.45, 7) is 11.3. The first kappa shape index (κ1) is 10.5. The molecular weight excluding hydrogens is 136 g/mol. The normalized spacial score (nSPS) is 10.2. The molecule has 0 bridgehead atoms. The molecule has 0 aromatic rings. The summed E-state index contributed by atoms with van der Waals surface area (Å²) >= 11 is 0. The van der Waals surface area contributed by atoms with Crippen molar-refractivity contribution < 1.29 is 0 Å². The lowest BCUT2D eigenvalue weighted by Gasteiger charge is -2.13. The Labute approximate surface area is 70.3 Å². The maximum atomic E-state index is 3.77. The van der Waals surface area contributed by atoms with Crippen molar-refractivity contribution in [3.05, 3.63) is 12.3 Å². The molecule has 2 heteroatoms. The lowest BCUT2D eigenvalue weighted by Crippen LogP contribution is -2.22. The van der Waals surface area contributed by atoms with Crippen LogP contribution in [0.2, 0.25) is 0 Å². The first-order valence-corrected chi connectivity index (χ1v) is 4.24.